The molecule has 34 heavy (non-hydrogen) atoms. The Morgan fingerprint density at radius 1 is 1.12 bits per heavy atom. The molecule has 8 heteroatoms. The first-order valence-corrected chi connectivity index (χ1v) is 11.9. The summed E-state index contributed by atoms with van der Waals surface area (Å²) in [5, 5.41) is 5.20. The summed E-state index contributed by atoms with van der Waals surface area (Å²) >= 11 is 0. The number of ether oxygens (including phenoxy) is 3. The molecule has 0 N–H and O–H groups in total. The molecule has 0 spiro atoms. The molecule has 1 unspecified atom stereocenters. The van der Waals surface area contributed by atoms with Crippen LogP contribution < -0.4 is 14.4 Å². The largest absolute Gasteiger partial charge is 0.493 e. The van der Waals surface area contributed by atoms with Crippen LogP contribution in [-0.4, -0.2) is 38.6 Å². The van der Waals surface area contributed by atoms with Gasteiger partial charge in [-0.1, -0.05) is 11.2 Å². The van der Waals surface area contributed by atoms with Gasteiger partial charge in [-0.25, -0.2) is 4.39 Å². The van der Waals surface area contributed by atoms with Crippen molar-refractivity contribution in [1.29, 1.82) is 0 Å². The average Bonchev–Trinajstić information content (AvgIpc) is 3.26. The summed E-state index contributed by atoms with van der Waals surface area (Å²) in [4.78, 5) is 2.25. The molecule has 0 radical (unpaired) electrons. The van der Waals surface area contributed by atoms with Crippen LogP contribution >= 0.6 is 12.4 Å². The Bertz CT molecular complexity index is 1070. The summed E-state index contributed by atoms with van der Waals surface area (Å²) in [5.41, 5.74) is 2.45. The van der Waals surface area contributed by atoms with Crippen molar-refractivity contribution in [2.24, 2.45) is 0 Å². The van der Waals surface area contributed by atoms with Gasteiger partial charge in [-0.3, -0.25) is 0 Å². The molecule has 0 saturated carbocycles. The highest BCUT2D eigenvalue weighted by Gasteiger charge is 2.21. The minimum Gasteiger partial charge on any atom is -0.493 e. The van der Waals surface area contributed by atoms with Crippen molar-refractivity contribution in [2.75, 3.05) is 38.3 Å². The average molecular weight is 493 g/mol. The number of methoxy groups -OCH3 is 1. The lowest BCUT2D eigenvalue weighted by molar-refractivity contribution is 0.0761. The number of piperidine rings is 1. The third-order valence-corrected chi connectivity index (χ3v) is 6.18. The molecule has 2 heterocycles. The van der Waals surface area contributed by atoms with Crippen molar-refractivity contribution in [1.82, 2.24) is 5.16 Å². The number of fused-ring (bicyclic) bond motifs is 1. The van der Waals surface area contributed by atoms with Gasteiger partial charge in [-0.15, -0.1) is 12.4 Å². The SMILES string of the molecule is CCOC(C)c1ccc(OCCCc2cc(F)cc3onc(N4CCCCC4)c23)c(OC)c1.Cl. The third kappa shape index (κ3) is 5.94. The molecule has 0 aliphatic carbocycles. The van der Waals surface area contributed by atoms with E-state index in [1.165, 1.54) is 12.5 Å². The molecule has 1 fully saturated rings. The van der Waals surface area contributed by atoms with Gasteiger partial charge >= 0.3 is 0 Å². The molecular weight excluding hydrogens is 459 g/mol. The maximum absolute atomic E-state index is 14.2. The molecule has 1 saturated heterocycles. The highest BCUT2D eigenvalue weighted by atomic mass is 35.5. The summed E-state index contributed by atoms with van der Waals surface area (Å²) < 4.78 is 36.9. The first-order chi connectivity index (χ1) is 16.1. The van der Waals surface area contributed by atoms with E-state index in [1.54, 1.807) is 13.2 Å². The van der Waals surface area contributed by atoms with E-state index >= 15 is 0 Å². The van der Waals surface area contributed by atoms with Crippen molar-refractivity contribution < 1.29 is 23.1 Å². The fourth-order valence-corrected chi connectivity index (χ4v) is 4.47. The minimum absolute atomic E-state index is 0. The van der Waals surface area contributed by atoms with E-state index in [1.807, 2.05) is 32.0 Å². The van der Waals surface area contributed by atoms with Crippen LogP contribution in [0.15, 0.2) is 34.9 Å². The van der Waals surface area contributed by atoms with Gasteiger partial charge in [0.05, 0.1) is 25.2 Å². The predicted molar refractivity (Wildman–Crippen MR) is 134 cm³/mol. The third-order valence-electron chi connectivity index (χ3n) is 6.18. The van der Waals surface area contributed by atoms with Gasteiger partial charge in [0.2, 0.25) is 0 Å². The number of anilines is 1. The zero-order valence-corrected chi connectivity index (χ0v) is 21.0. The molecule has 6 nitrogen and oxygen atoms in total. The number of rotatable bonds is 10. The molecule has 1 atom stereocenters. The molecule has 186 valence electrons. The fraction of sp³-hybridized carbons (Fsp3) is 0.500. The monoisotopic (exact) mass is 492 g/mol. The van der Waals surface area contributed by atoms with Gasteiger partial charge in [0.1, 0.15) is 5.82 Å². The maximum atomic E-state index is 14.2. The smallest absolute Gasteiger partial charge is 0.180 e. The van der Waals surface area contributed by atoms with Crippen LogP contribution in [0.2, 0.25) is 0 Å². The van der Waals surface area contributed by atoms with E-state index in [4.69, 9.17) is 18.7 Å². The van der Waals surface area contributed by atoms with Gasteiger partial charge in [0, 0.05) is 25.8 Å². The fourth-order valence-electron chi connectivity index (χ4n) is 4.47. The number of aromatic nitrogens is 1. The Balaban J connectivity index is 0.00000324. The van der Waals surface area contributed by atoms with Gasteiger partial charge in [0.15, 0.2) is 22.9 Å². The van der Waals surface area contributed by atoms with Crippen molar-refractivity contribution in [3.8, 4) is 11.5 Å². The van der Waals surface area contributed by atoms with E-state index in [0.29, 0.717) is 36.7 Å². The van der Waals surface area contributed by atoms with Crippen molar-refractivity contribution in [3.63, 3.8) is 0 Å². The second-order valence-electron chi connectivity index (χ2n) is 8.45. The summed E-state index contributed by atoms with van der Waals surface area (Å²) in [6.07, 6.45) is 4.90. The highest BCUT2D eigenvalue weighted by molar-refractivity contribution is 5.92. The second kappa shape index (κ2) is 12.3. The first-order valence-electron chi connectivity index (χ1n) is 11.9. The Morgan fingerprint density at radius 3 is 2.65 bits per heavy atom. The molecule has 3 aromatic rings. The van der Waals surface area contributed by atoms with Crippen molar-refractivity contribution in [2.45, 2.75) is 52.1 Å². The Morgan fingerprint density at radius 2 is 1.91 bits per heavy atom. The number of benzene rings is 2. The first kappa shape index (κ1) is 26.1. The highest BCUT2D eigenvalue weighted by Crippen LogP contribution is 2.34. The predicted octanol–water partition coefficient (Wildman–Crippen LogP) is 6.50. The molecule has 1 aliphatic rings. The van der Waals surface area contributed by atoms with Crippen LogP contribution in [0.1, 0.15) is 56.8 Å². The normalized spacial score (nSPS) is 14.6. The lowest BCUT2D eigenvalue weighted by Crippen LogP contribution is -2.29. The van der Waals surface area contributed by atoms with E-state index in [2.05, 4.69) is 10.1 Å². The topological polar surface area (TPSA) is 57.0 Å². The number of hydrogen-bond donors (Lipinski definition) is 0. The maximum Gasteiger partial charge on any atom is 0.180 e. The lowest BCUT2D eigenvalue weighted by atomic mass is 10.0. The Kier molecular flexibility index (Phi) is 9.42. The molecule has 1 aliphatic heterocycles. The van der Waals surface area contributed by atoms with Gasteiger partial charge in [0.25, 0.3) is 0 Å². The summed E-state index contributed by atoms with van der Waals surface area (Å²) in [7, 11) is 1.63. The Labute approximate surface area is 206 Å². The zero-order chi connectivity index (χ0) is 23.2. The van der Waals surface area contributed by atoms with Crippen LogP contribution in [0.5, 0.6) is 11.5 Å². The van der Waals surface area contributed by atoms with E-state index < -0.39 is 0 Å². The van der Waals surface area contributed by atoms with Crippen LogP contribution in [0.4, 0.5) is 10.2 Å². The van der Waals surface area contributed by atoms with Crippen LogP contribution in [0.25, 0.3) is 11.0 Å². The molecule has 0 amide bonds. The molecule has 4 rings (SSSR count). The summed E-state index contributed by atoms with van der Waals surface area (Å²) in [5.74, 6) is 1.90. The zero-order valence-electron chi connectivity index (χ0n) is 20.1. The van der Waals surface area contributed by atoms with Crippen molar-refractivity contribution >= 4 is 29.2 Å². The number of halogens is 2. The summed E-state index contributed by atoms with van der Waals surface area (Å²) in [6.45, 7) is 7.05. The van der Waals surface area contributed by atoms with E-state index in [-0.39, 0.29) is 24.3 Å². The molecule has 0 bridgehead atoms. The number of hydrogen-bond acceptors (Lipinski definition) is 6. The minimum atomic E-state index is -0.305. The van der Waals surface area contributed by atoms with Crippen LogP contribution in [0.3, 0.4) is 0 Å². The number of nitrogens with zero attached hydrogens (tertiary/aromatic N) is 2. The van der Waals surface area contributed by atoms with Crippen molar-refractivity contribution in [3.05, 3.63) is 47.3 Å². The van der Waals surface area contributed by atoms with E-state index in [0.717, 1.165) is 54.7 Å². The number of aryl methyl sites for hydroxylation is 1. The molecular formula is C26H34ClFN2O4. The van der Waals surface area contributed by atoms with Crippen LogP contribution in [0, 0.1) is 5.82 Å². The van der Waals surface area contributed by atoms with Gasteiger partial charge in [-0.05, 0) is 75.3 Å². The quantitative estimate of drug-likeness (QED) is 0.301. The van der Waals surface area contributed by atoms with Gasteiger partial charge < -0.3 is 23.6 Å². The lowest BCUT2D eigenvalue weighted by Gasteiger charge is -2.26. The molecule has 1 aromatic heterocycles. The van der Waals surface area contributed by atoms with Gasteiger partial charge in [-0.2, -0.15) is 0 Å². The second-order valence-corrected chi connectivity index (χ2v) is 8.45. The standard InChI is InChI=1S/C26H33FN2O4.ClH/c1-4-31-18(2)19-10-11-22(23(16-19)30-3)32-14-8-9-20-15-21(27)17-24-25(20)26(28-33-24)29-12-6-5-7-13-29;/h10-11,15-18H,4-9,12-14H2,1-3H3;1H. The van der Waals surface area contributed by atoms with E-state index in [9.17, 15) is 4.39 Å². The Hall–Kier alpha value is -2.51. The van der Waals surface area contributed by atoms with Crippen LogP contribution in [-0.2, 0) is 11.2 Å². The summed E-state index contributed by atoms with van der Waals surface area (Å²) in [6, 6.07) is 8.88. The molecule has 2 aromatic carbocycles.